The van der Waals surface area contributed by atoms with Crippen LogP contribution < -0.4 is 0 Å². The minimum Gasteiger partial charge on any atom is -0.462 e. The lowest BCUT2D eigenvalue weighted by molar-refractivity contribution is -0.255. The van der Waals surface area contributed by atoms with Gasteiger partial charge in [0.1, 0.15) is 12.2 Å². The second kappa shape index (κ2) is 20.4. The number of nitrogens with zero attached hydrogens (tertiary/aromatic N) is 2. The molecule has 12 nitrogen and oxygen atoms in total. The highest BCUT2D eigenvalue weighted by atomic mass is 32.1. The molecule has 0 aromatic carbocycles. The number of likely N-dealkylation sites (N-methyl/N-ethyl adjacent to an activating group) is 1. The molecule has 6 rings (SSSR count). The third-order valence-corrected chi connectivity index (χ3v) is 15.9. The Morgan fingerprint density at radius 1 is 0.983 bits per heavy atom. The van der Waals surface area contributed by atoms with Crippen LogP contribution in [0, 0.1) is 23.7 Å². The third-order valence-electron chi connectivity index (χ3n) is 14.3. The lowest BCUT2D eigenvalue weighted by atomic mass is 9.67. The van der Waals surface area contributed by atoms with E-state index in [1.54, 1.807) is 32.7 Å². The molecule has 3 fully saturated rings. The molecule has 1 aromatic heterocycles. The smallest absolute Gasteiger partial charge is 0.306 e. The molecule has 0 amide bonds. The Labute approximate surface area is 364 Å². The van der Waals surface area contributed by atoms with Gasteiger partial charge in [-0.3, -0.25) is 9.59 Å². The quantitative estimate of drug-likeness (QED) is 0.133. The topological polar surface area (TPSA) is 124 Å². The van der Waals surface area contributed by atoms with Gasteiger partial charge >= 0.3 is 5.97 Å². The molecular formula is C47H76N2O10S. The summed E-state index contributed by atoms with van der Waals surface area (Å²) in [5.74, 6) is -0.744. The zero-order valence-corrected chi connectivity index (χ0v) is 39.6. The number of thiazole rings is 1. The monoisotopic (exact) mass is 861 g/mol. The summed E-state index contributed by atoms with van der Waals surface area (Å²) in [7, 11) is 9.17. The zero-order chi connectivity index (χ0) is 43.6. The molecular weight excluding hydrogens is 785 g/mol. The Morgan fingerprint density at radius 2 is 1.73 bits per heavy atom. The van der Waals surface area contributed by atoms with Crippen molar-refractivity contribution in [2.24, 2.45) is 23.7 Å². The van der Waals surface area contributed by atoms with Gasteiger partial charge in [-0.15, -0.1) is 11.3 Å². The Kier molecular flexibility index (Phi) is 16.2. The van der Waals surface area contributed by atoms with E-state index in [0.29, 0.717) is 19.1 Å². The van der Waals surface area contributed by atoms with Crippen LogP contribution in [0.4, 0.5) is 0 Å². The number of Topliss-reactive ketones (excluding diaryl/α,β-unsaturated/α-hetero) is 1. The molecule has 60 heavy (non-hydrogen) atoms. The van der Waals surface area contributed by atoms with Crippen molar-refractivity contribution in [1.82, 2.24) is 9.88 Å². The Balaban J connectivity index is 1.35. The molecule has 3 unspecified atom stereocenters. The average molecular weight is 861 g/mol. The molecule has 13 heteroatoms. The largest absolute Gasteiger partial charge is 0.462 e. The number of hydrogen-bond donors (Lipinski definition) is 0. The Morgan fingerprint density at radius 3 is 2.37 bits per heavy atom. The number of cyclic esters (lactones) is 1. The maximum absolute atomic E-state index is 15.2. The molecule has 2 saturated heterocycles. The molecule has 0 N–H and O–H groups in total. The van der Waals surface area contributed by atoms with Crippen LogP contribution in [-0.2, 0) is 52.9 Å². The fourth-order valence-electron chi connectivity index (χ4n) is 10.6. The van der Waals surface area contributed by atoms with Crippen molar-refractivity contribution in [1.29, 1.82) is 0 Å². The number of ether oxygens (including phenoxy) is 8. The predicted octanol–water partition coefficient (Wildman–Crippen LogP) is 7.96. The van der Waals surface area contributed by atoms with Crippen molar-refractivity contribution in [2.45, 2.75) is 192 Å². The van der Waals surface area contributed by atoms with Crippen LogP contribution >= 0.6 is 11.3 Å². The van der Waals surface area contributed by atoms with Crippen molar-refractivity contribution in [3.63, 3.8) is 0 Å². The highest BCUT2D eigenvalue weighted by Crippen LogP contribution is 2.63. The molecule has 3 aliphatic carbocycles. The maximum atomic E-state index is 15.2. The van der Waals surface area contributed by atoms with Crippen molar-refractivity contribution in [3.8, 4) is 0 Å². The molecule has 3 heterocycles. The van der Waals surface area contributed by atoms with Crippen LogP contribution in [0.25, 0.3) is 0 Å². The lowest BCUT2D eigenvalue weighted by Crippen LogP contribution is -2.47. The van der Waals surface area contributed by atoms with Gasteiger partial charge in [0.25, 0.3) is 0 Å². The summed E-state index contributed by atoms with van der Waals surface area (Å²) in [6, 6.07) is 0.319. The highest BCUT2D eigenvalue weighted by Gasteiger charge is 2.56. The Bertz CT molecular complexity index is 1630. The van der Waals surface area contributed by atoms with Gasteiger partial charge in [-0.1, -0.05) is 40.7 Å². The van der Waals surface area contributed by atoms with Gasteiger partial charge in [0.15, 0.2) is 18.4 Å². The number of ketones is 1. The second-order valence-electron chi connectivity index (χ2n) is 19.6. The summed E-state index contributed by atoms with van der Waals surface area (Å²) in [5, 5.41) is 1.07. The van der Waals surface area contributed by atoms with Gasteiger partial charge in [0.05, 0.1) is 54.2 Å². The van der Waals surface area contributed by atoms with Crippen LogP contribution in [0.3, 0.4) is 0 Å². The fraction of sp³-hybridized carbons (Fsp3) is 0.851. The van der Waals surface area contributed by atoms with Gasteiger partial charge in [-0.25, -0.2) is 4.98 Å². The molecule has 340 valence electrons. The van der Waals surface area contributed by atoms with Crippen molar-refractivity contribution in [3.05, 3.63) is 27.2 Å². The zero-order valence-electron chi connectivity index (χ0n) is 38.8. The van der Waals surface area contributed by atoms with E-state index in [2.05, 4.69) is 59.7 Å². The van der Waals surface area contributed by atoms with Gasteiger partial charge in [0, 0.05) is 61.3 Å². The van der Waals surface area contributed by atoms with E-state index in [4.69, 9.17) is 42.9 Å². The van der Waals surface area contributed by atoms with Gasteiger partial charge in [-0.05, 0) is 104 Å². The standard InChI is InChI=1S/C47H76N2O10S/c1-14-29-16-15-17-37(59-40-19-18-36(49(9)10)28(5)55-40)25(2)43(51)34-22-32-31-20-30(58-45(38(54-13)24-52-11)56-27(4)26(3)53-12)21-35(31)44-42(48-46(60-44)47(6,7)8)41(32)33(34)23-39(50)57-29/h22,25-33,35-38,40-41,45H,14-21,23-24H2,1-13H3/t25-,26-,27?,28?,29+,30+,31+,32+,33-,35-,36+,37+,38+,40+,41-,45?/m1/s1. The number of aromatic nitrogens is 1. The predicted molar refractivity (Wildman–Crippen MR) is 231 cm³/mol. The molecule has 5 aliphatic rings. The van der Waals surface area contributed by atoms with E-state index in [1.807, 2.05) is 20.8 Å². The molecule has 2 aliphatic heterocycles. The summed E-state index contributed by atoms with van der Waals surface area (Å²) >= 11 is 1.79. The van der Waals surface area contributed by atoms with E-state index in [1.165, 1.54) is 4.88 Å². The van der Waals surface area contributed by atoms with Gasteiger partial charge in [0.2, 0.25) is 0 Å². The maximum Gasteiger partial charge on any atom is 0.306 e. The summed E-state index contributed by atoms with van der Waals surface area (Å²) in [5.41, 5.74) is 1.60. The summed E-state index contributed by atoms with van der Waals surface area (Å²) in [4.78, 5) is 38.1. The number of fused-ring (bicyclic) bond motifs is 8. The van der Waals surface area contributed by atoms with Crippen LogP contribution in [0.15, 0.2) is 11.6 Å². The van der Waals surface area contributed by atoms with Crippen LogP contribution in [0.1, 0.15) is 141 Å². The number of carbonyl (C=O) groups excluding carboxylic acids is 2. The fourth-order valence-corrected chi connectivity index (χ4v) is 12.0. The average Bonchev–Trinajstić information content (AvgIpc) is 3.93. The number of hydrogen-bond acceptors (Lipinski definition) is 13. The number of methoxy groups -OCH3 is 3. The van der Waals surface area contributed by atoms with Crippen molar-refractivity contribution in [2.75, 3.05) is 42.0 Å². The van der Waals surface area contributed by atoms with Crippen molar-refractivity contribution >= 4 is 23.1 Å². The highest BCUT2D eigenvalue weighted by molar-refractivity contribution is 7.12. The molecule has 0 spiro atoms. The van der Waals surface area contributed by atoms with Crippen LogP contribution in [-0.4, -0.2) is 125 Å². The summed E-state index contributed by atoms with van der Waals surface area (Å²) in [6.07, 6.45) is 6.04. The first-order chi connectivity index (χ1) is 28.5. The normalized spacial score (nSPS) is 35.9. The Hall–Kier alpha value is -1.81. The molecule has 16 atom stereocenters. The number of rotatable bonds is 14. The first-order valence-electron chi connectivity index (χ1n) is 22.8. The summed E-state index contributed by atoms with van der Waals surface area (Å²) < 4.78 is 50.0. The van der Waals surface area contributed by atoms with E-state index in [-0.39, 0.29) is 96.1 Å². The number of carbonyl (C=O) groups is 2. The van der Waals surface area contributed by atoms with E-state index < -0.39 is 18.3 Å². The minimum atomic E-state index is -0.683. The SMILES string of the molecule is CC[C@H]1CCC[C@H](O[C@H]2CC[C@H](N(C)C)C(C)O2)[C@@H](C)C(=O)C2=C[C@H]3[C@@H]4C[C@H](OC(OC(C)[C@@H](C)OC)[C@H](COC)OC)C[C@H]4c4sc(C(C)(C)C)nc4[C@H]3[C@@H]2CC(=O)O1. The molecule has 0 bridgehead atoms. The third kappa shape index (κ3) is 10.4. The molecule has 0 radical (unpaired) electrons. The van der Waals surface area contributed by atoms with E-state index >= 15 is 4.79 Å². The first kappa shape index (κ1) is 47.7. The summed E-state index contributed by atoms with van der Waals surface area (Å²) in [6.45, 7) is 17.1. The minimum absolute atomic E-state index is 0.00376. The molecule has 1 aromatic rings. The van der Waals surface area contributed by atoms with Gasteiger partial charge < -0.3 is 42.8 Å². The lowest BCUT2D eigenvalue weighted by Gasteiger charge is -2.40. The number of allylic oxidation sites excluding steroid dienone is 2. The second-order valence-corrected chi connectivity index (χ2v) is 20.6. The van der Waals surface area contributed by atoms with Gasteiger partial charge in [-0.2, -0.15) is 0 Å². The van der Waals surface area contributed by atoms with Crippen LogP contribution in [0.2, 0.25) is 0 Å². The molecule has 1 saturated carbocycles. The van der Waals surface area contributed by atoms with E-state index in [9.17, 15) is 4.79 Å². The van der Waals surface area contributed by atoms with Crippen LogP contribution in [0.5, 0.6) is 0 Å². The number of esters is 1. The van der Waals surface area contributed by atoms with E-state index in [0.717, 1.165) is 61.2 Å². The first-order valence-corrected chi connectivity index (χ1v) is 23.6. The van der Waals surface area contributed by atoms with Crippen molar-refractivity contribution < 1.29 is 47.5 Å².